The Bertz CT molecular complexity index is 787. The van der Waals surface area contributed by atoms with Crippen molar-refractivity contribution >= 4 is 15.7 Å². The normalized spacial score (nSPS) is 18.6. The Morgan fingerprint density at radius 1 is 1.14 bits per heavy atom. The lowest BCUT2D eigenvalue weighted by Crippen LogP contribution is -2.39. The molecule has 1 aliphatic rings. The molecular formula is C17H20N2O2S. The predicted octanol–water partition coefficient (Wildman–Crippen LogP) is 2.68. The van der Waals surface area contributed by atoms with Gasteiger partial charge in [-0.15, -0.1) is 0 Å². The standard InChI is InChI=1S/C17H20N2O2S/c1-13-6-5-8-16(10-13)22(20,21)19-12-14(2)18-11-15-7-3-4-9-17(15)19/h3-10,14,18H,11-12H2,1-2H3. The first-order valence-corrected chi connectivity index (χ1v) is 8.83. The number of nitrogens with one attached hydrogen (secondary N) is 1. The summed E-state index contributed by atoms with van der Waals surface area (Å²) < 4.78 is 27.7. The van der Waals surface area contributed by atoms with Gasteiger partial charge in [0.25, 0.3) is 10.0 Å². The fourth-order valence-corrected chi connectivity index (χ4v) is 4.43. The average Bonchev–Trinajstić information content (AvgIpc) is 2.67. The molecule has 0 saturated heterocycles. The Labute approximate surface area is 131 Å². The van der Waals surface area contributed by atoms with E-state index in [4.69, 9.17) is 0 Å². The lowest BCUT2D eigenvalue weighted by Gasteiger charge is -2.26. The van der Waals surface area contributed by atoms with Crippen molar-refractivity contribution in [2.24, 2.45) is 0 Å². The lowest BCUT2D eigenvalue weighted by molar-refractivity contribution is 0.556. The van der Waals surface area contributed by atoms with Crippen LogP contribution in [-0.2, 0) is 16.6 Å². The van der Waals surface area contributed by atoms with Crippen LogP contribution in [0.3, 0.4) is 0 Å². The summed E-state index contributed by atoms with van der Waals surface area (Å²) in [5.41, 5.74) is 2.71. The smallest absolute Gasteiger partial charge is 0.264 e. The van der Waals surface area contributed by atoms with Gasteiger partial charge in [0.05, 0.1) is 10.6 Å². The van der Waals surface area contributed by atoms with Crippen molar-refractivity contribution in [3.63, 3.8) is 0 Å². The number of hydrogen-bond acceptors (Lipinski definition) is 3. The van der Waals surface area contributed by atoms with Crippen LogP contribution >= 0.6 is 0 Å². The zero-order valence-electron chi connectivity index (χ0n) is 12.8. The molecule has 4 nitrogen and oxygen atoms in total. The molecule has 2 aromatic carbocycles. The van der Waals surface area contributed by atoms with Crippen molar-refractivity contribution in [3.05, 3.63) is 59.7 Å². The molecule has 0 amide bonds. The second-order valence-corrected chi connectivity index (χ2v) is 7.63. The summed E-state index contributed by atoms with van der Waals surface area (Å²) in [5.74, 6) is 0. The number of hydrogen-bond donors (Lipinski definition) is 1. The maximum atomic E-state index is 13.1. The molecule has 1 heterocycles. The number of para-hydroxylation sites is 1. The molecule has 0 aliphatic carbocycles. The number of sulfonamides is 1. The average molecular weight is 316 g/mol. The van der Waals surface area contributed by atoms with Crippen LogP contribution in [0.25, 0.3) is 0 Å². The quantitative estimate of drug-likeness (QED) is 0.927. The van der Waals surface area contributed by atoms with E-state index < -0.39 is 10.0 Å². The maximum absolute atomic E-state index is 13.1. The minimum Gasteiger partial charge on any atom is -0.308 e. The van der Waals surface area contributed by atoms with Crippen molar-refractivity contribution in [3.8, 4) is 0 Å². The third-order valence-electron chi connectivity index (χ3n) is 3.92. The lowest BCUT2D eigenvalue weighted by atomic mass is 10.2. The van der Waals surface area contributed by atoms with Gasteiger partial charge in [0.15, 0.2) is 0 Å². The Morgan fingerprint density at radius 2 is 1.91 bits per heavy atom. The molecule has 1 atom stereocenters. The number of rotatable bonds is 2. The molecule has 0 spiro atoms. The van der Waals surface area contributed by atoms with Crippen LogP contribution in [-0.4, -0.2) is 21.0 Å². The summed E-state index contributed by atoms with van der Waals surface area (Å²) in [6.45, 7) is 5.01. The first kappa shape index (κ1) is 15.1. The van der Waals surface area contributed by atoms with Gasteiger partial charge in [0.2, 0.25) is 0 Å². The monoisotopic (exact) mass is 316 g/mol. The summed E-state index contributed by atoms with van der Waals surface area (Å²) in [5, 5.41) is 3.36. The molecule has 0 aromatic heterocycles. The fourth-order valence-electron chi connectivity index (χ4n) is 2.73. The van der Waals surface area contributed by atoms with Crippen LogP contribution in [0.1, 0.15) is 18.1 Å². The van der Waals surface area contributed by atoms with Crippen molar-refractivity contribution in [2.45, 2.75) is 31.3 Å². The van der Waals surface area contributed by atoms with Crippen LogP contribution in [0.2, 0.25) is 0 Å². The minimum absolute atomic E-state index is 0.0898. The summed E-state index contributed by atoms with van der Waals surface area (Å²) >= 11 is 0. The van der Waals surface area contributed by atoms with Gasteiger partial charge in [0, 0.05) is 19.1 Å². The maximum Gasteiger partial charge on any atom is 0.264 e. The molecule has 0 bridgehead atoms. The van der Waals surface area contributed by atoms with Gasteiger partial charge in [-0.2, -0.15) is 0 Å². The highest BCUT2D eigenvalue weighted by Crippen LogP contribution is 2.29. The summed E-state index contributed by atoms with van der Waals surface area (Å²) in [7, 11) is -3.56. The molecule has 0 fully saturated rings. The number of benzene rings is 2. The van der Waals surface area contributed by atoms with Gasteiger partial charge in [0.1, 0.15) is 0 Å². The van der Waals surface area contributed by atoms with Gasteiger partial charge in [-0.25, -0.2) is 8.42 Å². The molecular weight excluding hydrogens is 296 g/mol. The minimum atomic E-state index is -3.56. The Hall–Kier alpha value is -1.85. The topological polar surface area (TPSA) is 49.4 Å². The number of anilines is 1. The largest absolute Gasteiger partial charge is 0.308 e. The number of nitrogens with zero attached hydrogens (tertiary/aromatic N) is 1. The number of aryl methyl sites for hydroxylation is 1. The van der Waals surface area contributed by atoms with Crippen LogP contribution in [0, 0.1) is 6.92 Å². The second-order valence-electron chi connectivity index (χ2n) is 5.76. The van der Waals surface area contributed by atoms with Crippen LogP contribution in [0.15, 0.2) is 53.4 Å². The zero-order valence-corrected chi connectivity index (χ0v) is 13.6. The third-order valence-corrected chi connectivity index (χ3v) is 5.69. The van der Waals surface area contributed by atoms with E-state index in [9.17, 15) is 8.42 Å². The number of fused-ring (bicyclic) bond motifs is 1. The molecule has 1 N–H and O–H groups in total. The van der Waals surface area contributed by atoms with E-state index in [0.717, 1.165) is 16.8 Å². The first-order valence-electron chi connectivity index (χ1n) is 7.39. The Kier molecular flexibility index (Phi) is 3.93. The van der Waals surface area contributed by atoms with Crippen LogP contribution in [0.4, 0.5) is 5.69 Å². The Balaban J connectivity index is 2.12. The van der Waals surface area contributed by atoms with E-state index in [1.165, 1.54) is 4.31 Å². The molecule has 0 saturated carbocycles. The third kappa shape index (κ3) is 2.74. The zero-order chi connectivity index (χ0) is 15.7. The highest BCUT2D eigenvalue weighted by Gasteiger charge is 2.29. The van der Waals surface area contributed by atoms with E-state index in [0.29, 0.717) is 18.0 Å². The highest BCUT2D eigenvalue weighted by molar-refractivity contribution is 7.92. The van der Waals surface area contributed by atoms with E-state index in [2.05, 4.69) is 5.32 Å². The van der Waals surface area contributed by atoms with E-state index in [1.54, 1.807) is 18.2 Å². The highest BCUT2D eigenvalue weighted by atomic mass is 32.2. The van der Waals surface area contributed by atoms with E-state index >= 15 is 0 Å². The molecule has 1 aliphatic heterocycles. The fraction of sp³-hybridized carbons (Fsp3) is 0.294. The molecule has 3 rings (SSSR count). The van der Waals surface area contributed by atoms with Gasteiger partial charge in [-0.1, -0.05) is 30.3 Å². The summed E-state index contributed by atoms with van der Waals surface area (Å²) in [6.07, 6.45) is 0. The van der Waals surface area contributed by atoms with Gasteiger partial charge in [-0.3, -0.25) is 4.31 Å². The Morgan fingerprint density at radius 3 is 2.68 bits per heavy atom. The van der Waals surface area contributed by atoms with Gasteiger partial charge in [-0.05, 0) is 43.2 Å². The molecule has 22 heavy (non-hydrogen) atoms. The van der Waals surface area contributed by atoms with E-state index in [-0.39, 0.29) is 6.04 Å². The van der Waals surface area contributed by atoms with Crippen LogP contribution in [0.5, 0.6) is 0 Å². The molecule has 5 heteroatoms. The second kappa shape index (κ2) is 5.74. The molecule has 2 aromatic rings. The first-order chi connectivity index (χ1) is 10.5. The van der Waals surface area contributed by atoms with Crippen molar-refractivity contribution < 1.29 is 8.42 Å². The van der Waals surface area contributed by atoms with Gasteiger partial charge >= 0.3 is 0 Å². The van der Waals surface area contributed by atoms with Crippen molar-refractivity contribution in [2.75, 3.05) is 10.8 Å². The van der Waals surface area contributed by atoms with Gasteiger partial charge < -0.3 is 5.32 Å². The predicted molar refractivity (Wildman–Crippen MR) is 88.5 cm³/mol. The van der Waals surface area contributed by atoms with Crippen molar-refractivity contribution in [1.29, 1.82) is 0 Å². The van der Waals surface area contributed by atoms with E-state index in [1.807, 2.05) is 44.2 Å². The molecule has 116 valence electrons. The summed E-state index contributed by atoms with van der Waals surface area (Å²) in [4.78, 5) is 0.344. The van der Waals surface area contributed by atoms with Crippen LogP contribution < -0.4 is 9.62 Å². The summed E-state index contributed by atoms with van der Waals surface area (Å²) in [6, 6.07) is 14.8. The molecule has 1 unspecified atom stereocenters. The SMILES string of the molecule is Cc1cccc(S(=O)(=O)N2CC(C)NCc3ccccc32)c1. The van der Waals surface area contributed by atoms with Crippen molar-refractivity contribution in [1.82, 2.24) is 5.32 Å². The molecule has 0 radical (unpaired) electrons.